The van der Waals surface area contributed by atoms with E-state index in [1.165, 1.54) is 0 Å². The van der Waals surface area contributed by atoms with E-state index < -0.39 is 55.6 Å². The van der Waals surface area contributed by atoms with Gasteiger partial charge < -0.3 is 5.73 Å². The molecule has 3 rings (SSSR count). The molecule has 0 saturated heterocycles. The standard InChI is InChI=1S/C14H10F4O2S.C7H5F4N/c15-13-7-6-11(8-12(13)14(16,17)18)21(19,20)9-10-4-2-1-3-5-10;8-6-2-1-4(12)3-5(6)7(9,10)11/h1-8H,9H2;1-3H,12H2. The van der Waals surface area contributed by atoms with Crippen LogP contribution in [0, 0.1) is 11.6 Å². The van der Waals surface area contributed by atoms with E-state index in [0.29, 0.717) is 29.8 Å². The van der Waals surface area contributed by atoms with E-state index >= 15 is 0 Å². The number of halogens is 8. The fraction of sp³-hybridized carbons (Fsp3) is 0.143. The third kappa shape index (κ3) is 7.17. The van der Waals surface area contributed by atoms with Crippen LogP contribution in [0.1, 0.15) is 16.7 Å². The van der Waals surface area contributed by atoms with Crippen molar-refractivity contribution in [1.29, 1.82) is 0 Å². The van der Waals surface area contributed by atoms with Crippen LogP contribution >= 0.6 is 0 Å². The molecule has 0 aliphatic carbocycles. The fourth-order valence-electron chi connectivity index (χ4n) is 2.55. The van der Waals surface area contributed by atoms with Gasteiger partial charge in [0.25, 0.3) is 0 Å². The zero-order valence-electron chi connectivity index (χ0n) is 16.4. The second-order valence-electron chi connectivity index (χ2n) is 6.62. The molecule has 0 saturated carbocycles. The third-order valence-electron chi connectivity index (χ3n) is 4.10. The highest BCUT2D eigenvalue weighted by molar-refractivity contribution is 7.90. The van der Waals surface area contributed by atoms with E-state index in [-0.39, 0.29) is 5.69 Å². The van der Waals surface area contributed by atoms with Crippen molar-refractivity contribution >= 4 is 15.5 Å². The van der Waals surface area contributed by atoms with Crippen LogP contribution in [0.2, 0.25) is 0 Å². The van der Waals surface area contributed by atoms with Crippen LogP contribution in [0.25, 0.3) is 0 Å². The summed E-state index contributed by atoms with van der Waals surface area (Å²) in [6.45, 7) is 0. The van der Waals surface area contributed by atoms with Crippen molar-refractivity contribution in [1.82, 2.24) is 0 Å². The monoisotopic (exact) mass is 497 g/mol. The van der Waals surface area contributed by atoms with Gasteiger partial charge in [-0.25, -0.2) is 17.2 Å². The number of anilines is 1. The van der Waals surface area contributed by atoms with E-state index in [4.69, 9.17) is 5.73 Å². The Morgan fingerprint density at radius 1 is 0.697 bits per heavy atom. The van der Waals surface area contributed by atoms with Crippen molar-refractivity contribution in [3.05, 3.63) is 95.1 Å². The maximum atomic E-state index is 13.2. The van der Waals surface area contributed by atoms with Crippen molar-refractivity contribution in [3.8, 4) is 0 Å². The minimum Gasteiger partial charge on any atom is -0.399 e. The second-order valence-corrected chi connectivity index (χ2v) is 8.61. The number of nitrogens with two attached hydrogens (primary N) is 1. The van der Waals surface area contributed by atoms with E-state index in [1.54, 1.807) is 30.3 Å². The van der Waals surface area contributed by atoms with Crippen LogP contribution in [0.5, 0.6) is 0 Å². The summed E-state index contributed by atoms with van der Waals surface area (Å²) in [6, 6.07) is 12.0. The summed E-state index contributed by atoms with van der Waals surface area (Å²) in [7, 11) is -3.98. The van der Waals surface area contributed by atoms with Crippen molar-refractivity contribution in [2.75, 3.05) is 5.73 Å². The molecule has 0 aliphatic rings. The van der Waals surface area contributed by atoms with Gasteiger partial charge in [-0.15, -0.1) is 0 Å². The number of rotatable bonds is 3. The lowest BCUT2D eigenvalue weighted by molar-refractivity contribution is -0.140. The smallest absolute Gasteiger partial charge is 0.399 e. The molecule has 0 unspecified atom stereocenters. The molecule has 0 heterocycles. The maximum absolute atomic E-state index is 13.2. The fourth-order valence-corrected chi connectivity index (χ4v) is 3.92. The van der Waals surface area contributed by atoms with Gasteiger partial charge in [0.2, 0.25) is 0 Å². The second kappa shape index (κ2) is 9.77. The Hall–Kier alpha value is -3.15. The zero-order valence-corrected chi connectivity index (χ0v) is 17.2. The number of alkyl halides is 6. The molecular weight excluding hydrogens is 482 g/mol. The first-order chi connectivity index (χ1) is 15.1. The number of hydrogen-bond donors (Lipinski definition) is 1. The summed E-state index contributed by atoms with van der Waals surface area (Å²) < 4.78 is 123. The lowest BCUT2D eigenvalue weighted by Gasteiger charge is -2.10. The summed E-state index contributed by atoms with van der Waals surface area (Å²) in [5, 5.41) is 0. The molecular formula is C21H15F8NO2S. The van der Waals surface area contributed by atoms with Gasteiger partial charge in [-0.05, 0) is 42.0 Å². The first kappa shape index (κ1) is 26.1. The molecule has 0 bridgehead atoms. The SMILES string of the molecule is Nc1ccc(F)c(C(F)(F)F)c1.O=S(=O)(Cc1ccccc1)c1ccc(F)c(C(F)(F)F)c1. The Kier molecular flexibility index (Phi) is 7.73. The Balaban J connectivity index is 0.000000273. The quantitative estimate of drug-likeness (QED) is 0.265. The van der Waals surface area contributed by atoms with E-state index in [0.717, 1.165) is 12.1 Å². The first-order valence-corrected chi connectivity index (χ1v) is 10.5. The average molecular weight is 497 g/mol. The summed E-state index contributed by atoms with van der Waals surface area (Å²) in [5.41, 5.74) is 2.47. The van der Waals surface area contributed by atoms with Gasteiger partial charge in [0.05, 0.1) is 21.8 Å². The number of benzene rings is 3. The first-order valence-electron chi connectivity index (χ1n) is 8.87. The summed E-state index contributed by atoms with van der Waals surface area (Å²) >= 11 is 0. The predicted octanol–water partition coefficient (Wildman–Crippen LogP) is 6.25. The highest BCUT2D eigenvalue weighted by Gasteiger charge is 2.35. The van der Waals surface area contributed by atoms with Crippen molar-refractivity contribution < 1.29 is 43.5 Å². The van der Waals surface area contributed by atoms with Crippen LogP contribution < -0.4 is 5.73 Å². The molecule has 3 aromatic rings. The molecule has 0 spiro atoms. The Bertz CT molecular complexity index is 1210. The minimum atomic E-state index is -4.94. The molecule has 0 fully saturated rings. The molecule has 33 heavy (non-hydrogen) atoms. The van der Waals surface area contributed by atoms with Gasteiger partial charge in [-0.1, -0.05) is 30.3 Å². The van der Waals surface area contributed by atoms with Gasteiger partial charge in [-0.3, -0.25) is 0 Å². The maximum Gasteiger partial charge on any atom is 0.419 e. The van der Waals surface area contributed by atoms with Crippen LogP contribution in [-0.2, 0) is 27.9 Å². The van der Waals surface area contributed by atoms with Crippen LogP contribution in [-0.4, -0.2) is 8.42 Å². The van der Waals surface area contributed by atoms with Gasteiger partial charge in [0, 0.05) is 5.69 Å². The summed E-state index contributed by atoms with van der Waals surface area (Å²) in [5.74, 6) is -3.26. The predicted molar refractivity (Wildman–Crippen MR) is 105 cm³/mol. The Labute approximate surface area is 183 Å². The minimum absolute atomic E-state index is 0.108. The molecule has 0 aliphatic heterocycles. The van der Waals surface area contributed by atoms with Crippen molar-refractivity contribution in [3.63, 3.8) is 0 Å². The Morgan fingerprint density at radius 2 is 1.18 bits per heavy atom. The molecule has 178 valence electrons. The largest absolute Gasteiger partial charge is 0.419 e. The van der Waals surface area contributed by atoms with Gasteiger partial charge >= 0.3 is 12.4 Å². The third-order valence-corrected chi connectivity index (χ3v) is 5.78. The van der Waals surface area contributed by atoms with E-state index in [1.807, 2.05) is 0 Å². The molecule has 12 heteroatoms. The molecule has 2 N–H and O–H groups in total. The average Bonchev–Trinajstić information content (AvgIpc) is 2.69. The normalized spacial score (nSPS) is 12.1. The topological polar surface area (TPSA) is 60.2 Å². The molecule has 0 radical (unpaired) electrons. The highest BCUT2D eigenvalue weighted by Crippen LogP contribution is 2.34. The van der Waals surface area contributed by atoms with Gasteiger partial charge in [0.15, 0.2) is 9.84 Å². The lowest BCUT2D eigenvalue weighted by atomic mass is 10.2. The molecule has 0 amide bonds. The molecule has 3 aromatic carbocycles. The number of nitrogen functional groups attached to an aromatic ring is 1. The molecule has 3 nitrogen and oxygen atoms in total. The lowest BCUT2D eigenvalue weighted by Crippen LogP contribution is -2.11. The zero-order chi connectivity index (χ0) is 25.0. The van der Waals surface area contributed by atoms with Gasteiger partial charge in [0.1, 0.15) is 11.6 Å². The number of hydrogen-bond acceptors (Lipinski definition) is 3. The van der Waals surface area contributed by atoms with Crippen LogP contribution in [0.4, 0.5) is 40.8 Å². The van der Waals surface area contributed by atoms with Crippen LogP contribution in [0.3, 0.4) is 0 Å². The molecule has 0 aromatic heterocycles. The van der Waals surface area contributed by atoms with E-state index in [9.17, 15) is 43.5 Å². The molecule has 0 atom stereocenters. The summed E-state index contributed by atoms with van der Waals surface area (Å²) in [6.07, 6.45) is -9.62. The summed E-state index contributed by atoms with van der Waals surface area (Å²) in [4.78, 5) is -0.555. The van der Waals surface area contributed by atoms with E-state index in [2.05, 4.69) is 0 Å². The highest BCUT2D eigenvalue weighted by atomic mass is 32.2. The van der Waals surface area contributed by atoms with Gasteiger partial charge in [-0.2, -0.15) is 26.3 Å². The van der Waals surface area contributed by atoms with Crippen molar-refractivity contribution in [2.24, 2.45) is 0 Å². The number of sulfone groups is 1. The van der Waals surface area contributed by atoms with Crippen LogP contribution in [0.15, 0.2) is 71.6 Å². The van der Waals surface area contributed by atoms with Crippen molar-refractivity contribution in [2.45, 2.75) is 23.0 Å². The Morgan fingerprint density at radius 3 is 1.67 bits per heavy atom.